The van der Waals surface area contributed by atoms with Crippen LogP contribution in [0.1, 0.15) is 45.3 Å². The summed E-state index contributed by atoms with van der Waals surface area (Å²) in [6.07, 6.45) is 5.87. The van der Waals surface area contributed by atoms with Crippen molar-refractivity contribution < 1.29 is 18.5 Å². The Labute approximate surface area is 255 Å². The van der Waals surface area contributed by atoms with E-state index < -0.39 is 0 Å². The normalized spacial score (nSPS) is 13.8. The smallest absolute Gasteiger partial charge is 0.276 e. The first-order chi connectivity index (χ1) is 21.8. The predicted octanol–water partition coefficient (Wildman–Crippen LogP) is 4.17. The summed E-state index contributed by atoms with van der Waals surface area (Å²) in [5.74, 6) is -0.274. The summed E-state index contributed by atoms with van der Waals surface area (Å²) in [5.41, 5.74) is 10.7. The first-order valence-corrected chi connectivity index (χ1v) is 14.3. The molecular weight excluding hydrogens is 579 g/mol. The molecule has 13 nitrogen and oxygen atoms in total. The number of rotatable bonds is 6. The minimum atomic E-state index is -0.380. The quantitative estimate of drug-likeness (QED) is 0.283. The average molecular weight is 607 g/mol. The lowest BCUT2D eigenvalue weighted by molar-refractivity contribution is 0.0701. The Bertz CT molecular complexity index is 2030. The Balaban J connectivity index is 1.23. The highest BCUT2D eigenvalue weighted by Gasteiger charge is 2.32. The van der Waals surface area contributed by atoms with Crippen molar-refractivity contribution in [2.45, 2.75) is 18.8 Å². The molecule has 3 N–H and O–H groups in total. The summed E-state index contributed by atoms with van der Waals surface area (Å²) in [4.78, 5) is 35.8. The van der Waals surface area contributed by atoms with Gasteiger partial charge in [-0.15, -0.1) is 0 Å². The molecule has 14 heteroatoms. The Morgan fingerprint density at radius 1 is 1.04 bits per heavy atom. The molecule has 0 saturated carbocycles. The summed E-state index contributed by atoms with van der Waals surface area (Å²) >= 11 is 0. The highest BCUT2D eigenvalue weighted by molar-refractivity contribution is 6.04. The van der Waals surface area contributed by atoms with E-state index in [-0.39, 0.29) is 35.1 Å². The van der Waals surface area contributed by atoms with E-state index in [1.807, 2.05) is 23.9 Å². The number of carbonyl (C=O) groups is 2. The highest BCUT2D eigenvalue weighted by Crippen LogP contribution is 2.40. The Kier molecular flexibility index (Phi) is 7.00. The lowest BCUT2D eigenvalue weighted by Crippen LogP contribution is -2.38. The highest BCUT2D eigenvalue weighted by atomic mass is 19.1. The standard InChI is InChI=1S/C31H27FN10O3/c1-40-29(19-9-13-41(14-10-19)31(44)23-11-15-45-39-23)27(28(38-40)18-2-4-21(32)5-3-18)22-6-7-26-35-25(17-42(26)37-22)36-30(43)20-8-12-34-24(33)16-20/h2-8,11-12,15-17,19H,9-10,13-14H2,1H3,(H2,33,34)(H,36,43). The van der Waals surface area contributed by atoms with Crippen LogP contribution in [0.2, 0.25) is 0 Å². The number of benzene rings is 1. The third kappa shape index (κ3) is 5.37. The molecule has 1 aliphatic heterocycles. The number of piperidine rings is 1. The molecule has 0 bridgehead atoms. The van der Waals surface area contributed by atoms with Crippen molar-refractivity contribution in [3.05, 3.63) is 96.0 Å². The van der Waals surface area contributed by atoms with E-state index in [0.29, 0.717) is 54.3 Å². The Morgan fingerprint density at radius 2 is 1.84 bits per heavy atom. The molecule has 0 aliphatic carbocycles. The number of fused-ring (bicyclic) bond motifs is 1. The van der Waals surface area contributed by atoms with Crippen LogP contribution in [-0.2, 0) is 7.05 Å². The molecule has 0 unspecified atom stereocenters. The number of hydrogen-bond donors (Lipinski definition) is 2. The molecule has 2 amide bonds. The van der Waals surface area contributed by atoms with Gasteiger partial charge in [-0.1, -0.05) is 5.16 Å². The maximum Gasteiger partial charge on any atom is 0.276 e. The van der Waals surface area contributed by atoms with Gasteiger partial charge >= 0.3 is 0 Å². The van der Waals surface area contributed by atoms with E-state index in [1.54, 1.807) is 39.9 Å². The fourth-order valence-electron chi connectivity index (χ4n) is 5.76. The number of imidazole rings is 1. The van der Waals surface area contributed by atoms with Crippen molar-refractivity contribution in [2.24, 2.45) is 7.05 Å². The summed E-state index contributed by atoms with van der Waals surface area (Å²) in [6.45, 7) is 1.07. The zero-order chi connectivity index (χ0) is 31.1. The molecule has 0 spiro atoms. The lowest BCUT2D eigenvalue weighted by atomic mass is 9.88. The van der Waals surface area contributed by atoms with Crippen molar-refractivity contribution in [2.75, 3.05) is 24.1 Å². The van der Waals surface area contributed by atoms with Crippen molar-refractivity contribution in [3.63, 3.8) is 0 Å². The largest absolute Gasteiger partial charge is 0.384 e. The number of carbonyl (C=O) groups excluding carboxylic acids is 2. The number of aryl methyl sites for hydroxylation is 1. The van der Waals surface area contributed by atoms with Crippen LogP contribution >= 0.6 is 0 Å². The third-order valence-electron chi connectivity index (χ3n) is 7.90. The minimum Gasteiger partial charge on any atom is -0.384 e. The predicted molar refractivity (Wildman–Crippen MR) is 162 cm³/mol. The molecule has 7 rings (SSSR count). The van der Waals surface area contributed by atoms with Gasteiger partial charge in [-0.2, -0.15) is 10.2 Å². The monoisotopic (exact) mass is 606 g/mol. The van der Waals surface area contributed by atoms with Crippen LogP contribution < -0.4 is 11.1 Å². The maximum atomic E-state index is 13.9. The zero-order valence-electron chi connectivity index (χ0n) is 24.1. The van der Waals surface area contributed by atoms with Gasteiger partial charge in [-0.3, -0.25) is 14.3 Å². The molecule has 1 aromatic carbocycles. The number of aromatic nitrogens is 7. The number of pyridine rings is 1. The number of anilines is 2. The van der Waals surface area contributed by atoms with Crippen molar-refractivity contribution in [1.82, 2.24) is 39.4 Å². The van der Waals surface area contributed by atoms with Crippen LogP contribution in [0.5, 0.6) is 0 Å². The van der Waals surface area contributed by atoms with Gasteiger partial charge in [0.05, 0.1) is 23.1 Å². The van der Waals surface area contributed by atoms with E-state index in [2.05, 4.69) is 20.4 Å². The zero-order valence-corrected chi connectivity index (χ0v) is 24.1. The van der Waals surface area contributed by atoms with E-state index in [9.17, 15) is 14.0 Å². The average Bonchev–Trinajstić information content (AvgIpc) is 3.80. The number of nitrogens with two attached hydrogens (primary N) is 1. The van der Waals surface area contributed by atoms with Gasteiger partial charge < -0.3 is 20.5 Å². The first kappa shape index (κ1) is 27.9. The third-order valence-corrected chi connectivity index (χ3v) is 7.90. The number of likely N-dealkylation sites (tertiary alicyclic amines) is 1. The number of nitrogens with zero attached hydrogens (tertiary/aromatic N) is 8. The second-order valence-electron chi connectivity index (χ2n) is 10.8. The van der Waals surface area contributed by atoms with E-state index in [0.717, 1.165) is 16.8 Å². The topological polar surface area (TPSA) is 162 Å². The lowest BCUT2D eigenvalue weighted by Gasteiger charge is -2.32. The van der Waals surface area contributed by atoms with E-state index >= 15 is 0 Å². The maximum absolute atomic E-state index is 13.9. The summed E-state index contributed by atoms with van der Waals surface area (Å²) < 4.78 is 22.2. The van der Waals surface area contributed by atoms with Gasteiger partial charge in [-0.25, -0.2) is 18.9 Å². The van der Waals surface area contributed by atoms with Crippen LogP contribution in [0, 0.1) is 5.82 Å². The van der Waals surface area contributed by atoms with Crippen molar-refractivity contribution in [3.8, 4) is 22.5 Å². The van der Waals surface area contributed by atoms with Crippen LogP contribution in [0.15, 0.2) is 77.8 Å². The number of nitrogen functional groups attached to an aromatic ring is 1. The number of hydrogen-bond acceptors (Lipinski definition) is 9. The summed E-state index contributed by atoms with van der Waals surface area (Å²) in [7, 11) is 1.88. The molecule has 1 aliphatic rings. The molecule has 1 saturated heterocycles. The SMILES string of the molecule is Cn1nc(-c2ccc(F)cc2)c(-c2ccc3nc(NC(=O)c4ccnc(N)c4)cn3n2)c1C1CCN(C(=O)c2ccon2)CC1. The Hall–Kier alpha value is -5.92. The van der Waals surface area contributed by atoms with Gasteiger partial charge in [0.15, 0.2) is 17.2 Å². The van der Waals surface area contributed by atoms with Crippen molar-refractivity contribution >= 4 is 29.1 Å². The molecular formula is C31H27FN10O3. The first-order valence-electron chi connectivity index (χ1n) is 14.3. The molecule has 1 fully saturated rings. The second-order valence-corrected chi connectivity index (χ2v) is 10.8. The van der Waals surface area contributed by atoms with Crippen molar-refractivity contribution in [1.29, 1.82) is 0 Å². The molecule has 6 aromatic rings. The van der Waals surface area contributed by atoms with Gasteiger partial charge in [0.2, 0.25) is 0 Å². The van der Waals surface area contributed by atoms with Crippen LogP contribution in [0.4, 0.5) is 16.0 Å². The number of nitrogens with one attached hydrogen (secondary N) is 1. The van der Waals surface area contributed by atoms with Crippen LogP contribution in [-0.4, -0.2) is 64.3 Å². The molecule has 0 atom stereocenters. The summed E-state index contributed by atoms with van der Waals surface area (Å²) in [5, 5.41) is 16.3. The number of halogens is 1. The molecule has 0 radical (unpaired) electrons. The molecule has 45 heavy (non-hydrogen) atoms. The number of amides is 2. The van der Waals surface area contributed by atoms with Gasteiger partial charge in [-0.05, 0) is 61.4 Å². The second kappa shape index (κ2) is 11.3. The summed E-state index contributed by atoms with van der Waals surface area (Å²) in [6, 6.07) is 14.5. The van der Waals surface area contributed by atoms with Gasteiger partial charge in [0, 0.05) is 49.4 Å². The molecule has 226 valence electrons. The fraction of sp³-hybridized carbons (Fsp3) is 0.194. The molecule has 5 aromatic heterocycles. The van der Waals surface area contributed by atoms with E-state index in [4.69, 9.17) is 20.5 Å². The molecule has 6 heterocycles. The van der Waals surface area contributed by atoms with Crippen LogP contribution in [0.25, 0.3) is 28.2 Å². The van der Waals surface area contributed by atoms with E-state index in [1.165, 1.54) is 30.7 Å². The van der Waals surface area contributed by atoms with Gasteiger partial charge in [0.1, 0.15) is 23.6 Å². The Morgan fingerprint density at radius 3 is 2.58 bits per heavy atom. The van der Waals surface area contributed by atoms with Gasteiger partial charge in [0.25, 0.3) is 11.8 Å². The fourth-order valence-corrected chi connectivity index (χ4v) is 5.76. The van der Waals surface area contributed by atoms with Crippen LogP contribution in [0.3, 0.4) is 0 Å². The minimum absolute atomic E-state index is 0.0657.